The lowest BCUT2D eigenvalue weighted by atomic mass is 9.89. The molecule has 0 bridgehead atoms. The van der Waals surface area contributed by atoms with Gasteiger partial charge in [0.1, 0.15) is 11.9 Å². The lowest BCUT2D eigenvalue weighted by Gasteiger charge is -2.36. The molecule has 4 heteroatoms. The van der Waals surface area contributed by atoms with Gasteiger partial charge in [-0.1, -0.05) is 13.0 Å². The van der Waals surface area contributed by atoms with Crippen molar-refractivity contribution in [2.24, 2.45) is 0 Å². The second-order valence-corrected chi connectivity index (χ2v) is 6.12. The molecule has 2 nitrogen and oxygen atoms in total. The molecule has 2 rings (SSSR count). The fraction of sp³-hybridized carbons (Fsp3) is 0.538. The number of ether oxygens (including phenoxy) is 1. The Morgan fingerprint density at radius 3 is 2.53 bits per heavy atom. The fourth-order valence-electron chi connectivity index (χ4n) is 1.94. The number of halogens is 2. The van der Waals surface area contributed by atoms with Crippen LogP contribution in [0.5, 0.6) is 5.75 Å². The molecule has 1 saturated carbocycles. The second kappa shape index (κ2) is 6.21. The number of benzene rings is 1. The van der Waals surface area contributed by atoms with Gasteiger partial charge in [-0.05, 0) is 69.8 Å². The molecule has 0 aromatic heterocycles. The van der Waals surface area contributed by atoms with Gasteiger partial charge in [0.25, 0.3) is 0 Å². The largest absolute Gasteiger partial charge is 0.488 e. The zero-order valence-corrected chi connectivity index (χ0v) is 13.1. The molecule has 1 fully saturated rings. The summed E-state index contributed by atoms with van der Waals surface area (Å²) in [6, 6.07) is 6.64. The summed E-state index contributed by atoms with van der Waals surface area (Å²) in [5.74, 6) is 0.923. The van der Waals surface area contributed by atoms with Crippen LogP contribution in [0.15, 0.2) is 27.1 Å². The van der Waals surface area contributed by atoms with Crippen LogP contribution in [-0.2, 0) is 0 Å². The molecule has 0 unspecified atom stereocenters. The Balaban J connectivity index is 1.84. The molecule has 1 aliphatic rings. The highest BCUT2D eigenvalue weighted by atomic mass is 79.9. The van der Waals surface area contributed by atoms with E-state index in [0.717, 1.165) is 34.1 Å². The summed E-state index contributed by atoms with van der Waals surface area (Å²) in [7, 11) is 0. The van der Waals surface area contributed by atoms with Crippen LogP contribution in [0, 0.1) is 0 Å². The van der Waals surface area contributed by atoms with Crippen molar-refractivity contribution in [3.8, 4) is 5.75 Å². The maximum atomic E-state index is 5.99. The summed E-state index contributed by atoms with van der Waals surface area (Å²) >= 11 is 7.03. The van der Waals surface area contributed by atoms with E-state index in [9.17, 15) is 0 Å². The van der Waals surface area contributed by atoms with Gasteiger partial charge in [0.05, 0.1) is 8.95 Å². The van der Waals surface area contributed by atoms with E-state index in [0.29, 0.717) is 12.1 Å². The summed E-state index contributed by atoms with van der Waals surface area (Å²) in [6.45, 7) is 3.30. The van der Waals surface area contributed by atoms with Crippen molar-refractivity contribution in [3.63, 3.8) is 0 Å². The van der Waals surface area contributed by atoms with Crippen molar-refractivity contribution in [2.75, 3.05) is 6.54 Å². The van der Waals surface area contributed by atoms with E-state index in [1.165, 1.54) is 6.42 Å². The maximum Gasteiger partial charge on any atom is 0.148 e. The molecule has 0 atom stereocenters. The quantitative estimate of drug-likeness (QED) is 0.850. The Morgan fingerprint density at radius 1 is 1.29 bits per heavy atom. The van der Waals surface area contributed by atoms with Crippen molar-refractivity contribution in [1.29, 1.82) is 0 Å². The third-order valence-electron chi connectivity index (χ3n) is 2.98. The van der Waals surface area contributed by atoms with E-state index in [-0.39, 0.29) is 0 Å². The molecule has 1 aromatic rings. The zero-order valence-electron chi connectivity index (χ0n) is 9.88. The van der Waals surface area contributed by atoms with Gasteiger partial charge in [-0.15, -0.1) is 0 Å². The first-order chi connectivity index (χ1) is 8.20. The second-order valence-electron chi connectivity index (χ2n) is 4.41. The molecular weight excluding hydrogens is 346 g/mol. The van der Waals surface area contributed by atoms with Crippen molar-refractivity contribution in [3.05, 3.63) is 27.1 Å². The third kappa shape index (κ3) is 3.46. The number of hydrogen-bond acceptors (Lipinski definition) is 2. The minimum Gasteiger partial charge on any atom is -0.488 e. The van der Waals surface area contributed by atoms with E-state index in [1.807, 2.05) is 18.2 Å². The molecule has 94 valence electrons. The van der Waals surface area contributed by atoms with Crippen molar-refractivity contribution in [1.82, 2.24) is 5.32 Å². The highest BCUT2D eigenvalue weighted by molar-refractivity contribution is 9.11. The van der Waals surface area contributed by atoms with E-state index in [2.05, 4.69) is 44.1 Å². The number of nitrogens with one attached hydrogen (secondary N) is 1. The fourth-order valence-corrected chi connectivity index (χ4v) is 3.12. The molecule has 0 spiro atoms. The summed E-state index contributed by atoms with van der Waals surface area (Å²) in [5.41, 5.74) is 0. The Hall–Kier alpha value is -0.0600. The lowest BCUT2D eigenvalue weighted by Crippen LogP contribution is -2.47. The SMILES string of the molecule is CCCNC1CC(Oc2c(Br)cccc2Br)C1. The van der Waals surface area contributed by atoms with Gasteiger partial charge in [0, 0.05) is 6.04 Å². The Labute approximate surface area is 119 Å². The number of rotatable bonds is 5. The van der Waals surface area contributed by atoms with Gasteiger partial charge < -0.3 is 10.1 Å². The van der Waals surface area contributed by atoms with Gasteiger partial charge in [-0.25, -0.2) is 0 Å². The molecule has 1 N–H and O–H groups in total. The summed E-state index contributed by atoms with van der Waals surface area (Å²) in [5, 5.41) is 3.51. The van der Waals surface area contributed by atoms with Crippen molar-refractivity contribution in [2.45, 2.75) is 38.3 Å². The van der Waals surface area contributed by atoms with Crippen LogP contribution >= 0.6 is 31.9 Å². The third-order valence-corrected chi connectivity index (χ3v) is 4.23. The van der Waals surface area contributed by atoms with Crippen LogP contribution in [0.1, 0.15) is 26.2 Å². The minimum atomic E-state index is 0.347. The Kier molecular flexibility index (Phi) is 4.88. The monoisotopic (exact) mass is 361 g/mol. The zero-order chi connectivity index (χ0) is 12.3. The Morgan fingerprint density at radius 2 is 1.94 bits per heavy atom. The Bertz CT molecular complexity index is 357. The van der Waals surface area contributed by atoms with Gasteiger partial charge in [-0.3, -0.25) is 0 Å². The topological polar surface area (TPSA) is 21.3 Å². The van der Waals surface area contributed by atoms with Gasteiger partial charge >= 0.3 is 0 Å². The molecule has 1 aliphatic carbocycles. The molecule has 0 radical (unpaired) electrons. The van der Waals surface area contributed by atoms with Crippen LogP contribution < -0.4 is 10.1 Å². The molecule has 17 heavy (non-hydrogen) atoms. The highest BCUT2D eigenvalue weighted by Crippen LogP contribution is 2.36. The van der Waals surface area contributed by atoms with Gasteiger partial charge in [0.2, 0.25) is 0 Å². The summed E-state index contributed by atoms with van der Waals surface area (Å²) in [4.78, 5) is 0. The standard InChI is InChI=1S/C13H17Br2NO/c1-2-6-16-9-7-10(8-9)17-13-11(14)4-3-5-12(13)15/h3-5,9-10,16H,2,6-8H2,1H3. The van der Waals surface area contributed by atoms with Gasteiger partial charge in [0.15, 0.2) is 0 Å². The average Bonchev–Trinajstić information content (AvgIpc) is 2.25. The van der Waals surface area contributed by atoms with Gasteiger partial charge in [-0.2, -0.15) is 0 Å². The predicted molar refractivity (Wildman–Crippen MR) is 77.6 cm³/mol. The summed E-state index contributed by atoms with van der Waals surface area (Å²) in [6.07, 6.45) is 3.75. The van der Waals surface area contributed by atoms with E-state index in [1.54, 1.807) is 0 Å². The van der Waals surface area contributed by atoms with Crippen LogP contribution in [0.2, 0.25) is 0 Å². The molecule has 1 aromatic carbocycles. The van der Waals surface area contributed by atoms with Crippen LogP contribution in [0.3, 0.4) is 0 Å². The van der Waals surface area contributed by atoms with E-state index < -0.39 is 0 Å². The van der Waals surface area contributed by atoms with Crippen LogP contribution in [-0.4, -0.2) is 18.7 Å². The van der Waals surface area contributed by atoms with Crippen LogP contribution in [0.4, 0.5) is 0 Å². The van der Waals surface area contributed by atoms with E-state index in [4.69, 9.17) is 4.74 Å². The van der Waals surface area contributed by atoms with E-state index >= 15 is 0 Å². The molecular formula is C13H17Br2NO. The maximum absolute atomic E-state index is 5.99. The first-order valence-corrected chi connectivity index (χ1v) is 7.63. The molecule has 0 heterocycles. The highest BCUT2D eigenvalue weighted by Gasteiger charge is 2.30. The first-order valence-electron chi connectivity index (χ1n) is 6.04. The molecule has 0 aliphatic heterocycles. The van der Waals surface area contributed by atoms with Crippen LogP contribution in [0.25, 0.3) is 0 Å². The lowest BCUT2D eigenvalue weighted by molar-refractivity contribution is 0.0838. The summed E-state index contributed by atoms with van der Waals surface area (Å²) < 4.78 is 8.01. The first kappa shape index (κ1) is 13.4. The number of para-hydroxylation sites is 1. The number of hydrogen-bond donors (Lipinski definition) is 1. The molecule has 0 saturated heterocycles. The average molecular weight is 363 g/mol. The van der Waals surface area contributed by atoms with Crippen molar-refractivity contribution < 1.29 is 4.74 Å². The normalized spacial score (nSPS) is 23.2. The van der Waals surface area contributed by atoms with Crippen molar-refractivity contribution >= 4 is 31.9 Å². The smallest absolute Gasteiger partial charge is 0.148 e. The predicted octanol–water partition coefficient (Wildman–Crippen LogP) is 4.12. The minimum absolute atomic E-state index is 0.347. The molecule has 0 amide bonds.